The van der Waals surface area contributed by atoms with Gasteiger partial charge in [-0.2, -0.15) is 0 Å². The first-order chi connectivity index (χ1) is 8.70. The zero-order valence-electron chi connectivity index (χ0n) is 11.0. The highest BCUT2D eigenvalue weighted by Crippen LogP contribution is 2.29. The van der Waals surface area contributed by atoms with Crippen molar-refractivity contribution in [3.63, 3.8) is 0 Å². The summed E-state index contributed by atoms with van der Waals surface area (Å²) in [4.78, 5) is 0. The van der Waals surface area contributed by atoms with Crippen molar-refractivity contribution < 1.29 is 4.39 Å². The van der Waals surface area contributed by atoms with Crippen LogP contribution in [0.25, 0.3) is 0 Å². The van der Waals surface area contributed by atoms with Gasteiger partial charge in [0.2, 0.25) is 0 Å². The van der Waals surface area contributed by atoms with Gasteiger partial charge in [0.05, 0.1) is 0 Å². The van der Waals surface area contributed by atoms with E-state index in [1.54, 1.807) is 12.1 Å². The molecule has 1 heteroatoms. The van der Waals surface area contributed by atoms with Crippen molar-refractivity contribution in [1.29, 1.82) is 0 Å². The zero-order chi connectivity index (χ0) is 13.0. The first-order valence-corrected chi connectivity index (χ1v) is 6.52. The molecule has 2 aromatic rings. The lowest BCUT2D eigenvalue weighted by molar-refractivity contribution is 0.619. The fraction of sp³-hybridized carbons (Fsp3) is 0.294. The normalized spacial score (nSPS) is 12.4. The molecule has 1 atom stereocenters. The molecule has 0 aliphatic carbocycles. The minimum absolute atomic E-state index is 0.152. The van der Waals surface area contributed by atoms with Gasteiger partial charge < -0.3 is 0 Å². The Morgan fingerprint density at radius 1 is 1.00 bits per heavy atom. The lowest BCUT2D eigenvalue weighted by atomic mass is 9.87. The summed E-state index contributed by atoms with van der Waals surface area (Å²) in [6, 6.07) is 15.5. The number of hydrogen-bond donors (Lipinski definition) is 0. The highest BCUT2D eigenvalue weighted by Gasteiger charge is 2.13. The summed E-state index contributed by atoms with van der Waals surface area (Å²) in [7, 11) is 0. The Balaban J connectivity index is 2.39. The van der Waals surface area contributed by atoms with E-state index in [1.165, 1.54) is 17.2 Å². The van der Waals surface area contributed by atoms with Gasteiger partial charge in [0, 0.05) is 5.92 Å². The summed E-state index contributed by atoms with van der Waals surface area (Å²) >= 11 is 0. The number of benzene rings is 2. The van der Waals surface area contributed by atoms with Crippen molar-refractivity contribution in [3.8, 4) is 0 Å². The van der Waals surface area contributed by atoms with Crippen molar-refractivity contribution in [3.05, 3.63) is 71.0 Å². The van der Waals surface area contributed by atoms with Crippen LogP contribution in [0.5, 0.6) is 0 Å². The number of rotatable bonds is 4. The number of aryl methyl sites for hydroxylation is 1. The SMILES string of the molecule is CCCC(c1cccc(C)c1)c1cccc(F)c1. The molecule has 0 N–H and O–H groups in total. The van der Waals surface area contributed by atoms with Gasteiger partial charge in [-0.05, 0) is 36.6 Å². The summed E-state index contributed by atoms with van der Waals surface area (Å²) in [6.07, 6.45) is 2.14. The summed E-state index contributed by atoms with van der Waals surface area (Å²) < 4.78 is 13.4. The third kappa shape index (κ3) is 2.98. The monoisotopic (exact) mass is 242 g/mol. The molecule has 0 heterocycles. The average Bonchev–Trinajstić information content (AvgIpc) is 2.36. The maximum absolute atomic E-state index is 13.4. The second-order valence-corrected chi connectivity index (χ2v) is 4.81. The van der Waals surface area contributed by atoms with Crippen molar-refractivity contribution in [2.45, 2.75) is 32.6 Å². The summed E-state index contributed by atoms with van der Waals surface area (Å²) in [5.41, 5.74) is 3.61. The average molecular weight is 242 g/mol. The van der Waals surface area contributed by atoms with E-state index in [4.69, 9.17) is 0 Å². The van der Waals surface area contributed by atoms with Crippen molar-refractivity contribution in [1.82, 2.24) is 0 Å². The van der Waals surface area contributed by atoms with Crippen molar-refractivity contribution in [2.24, 2.45) is 0 Å². The second kappa shape index (κ2) is 5.81. The van der Waals surface area contributed by atoms with Gasteiger partial charge in [-0.15, -0.1) is 0 Å². The molecule has 0 saturated heterocycles. The molecule has 0 fully saturated rings. The van der Waals surface area contributed by atoms with Crippen LogP contribution in [0, 0.1) is 12.7 Å². The van der Waals surface area contributed by atoms with Crippen LogP contribution in [0.15, 0.2) is 48.5 Å². The smallest absolute Gasteiger partial charge is 0.123 e. The molecule has 0 aliphatic heterocycles. The Kier molecular flexibility index (Phi) is 4.14. The van der Waals surface area contributed by atoms with E-state index in [9.17, 15) is 4.39 Å². The van der Waals surface area contributed by atoms with Crippen LogP contribution in [0.3, 0.4) is 0 Å². The van der Waals surface area contributed by atoms with Crippen LogP contribution in [0.1, 0.15) is 42.4 Å². The molecule has 0 aliphatic rings. The summed E-state index contributed by atoms with van der Waals surface area (Å²) in [5, 5.41) is 0. The summed E-state index contributed by atoms with van der Waals surface area (Å²) in [5.74, 6) is 0.145. The van der Waals surface area contributed by atoms with Crippen LogP contribution in [0.4, 0.5) is 4.39 Å². The lowest BCUT2D eigenvalue weighted by Crippen LogP contribution is -2.01. The topological polar surface area (TPSA) is 0 Å². The fourth-order valence-corrected chi connectivity index (χ4v) is 2.42. The van der Waals surface area contributed by atoms with E-state index >= 15 is 0 Å². The minimum atomic E-state index is -0.152. The Morgan fingerprint density at radius 3 is 2.28 bits per heavy atom. The first-order valence-electron chi connectivity index (χ1n) is 6.52. The van der Waals surface area contributed by atoms with E-state index in [-0.39, 0.29) is 5.82 Å². The second-order valence-electron chi connectivity index (χ2n) is 4.81. The number of hydrogen-bond acceptors (Lipinski definition) is 0. The molecule has 0 nitrogen and oxygen atoms in total. The van der Waals surface area contributed by atoms with Gasteiger partial charge in [0.1, 0.15) is 5.82 Å². The maximum Gasteiger partial charge on any atom is 0.123 e. The molecular formula is C17H19F. The maximum atomic E-state index is 13.4. The van der Waals surface area contributed by atoms with E-state index in [2.05, 4.69) is 38.1 Å². The molecule has 0 saturated carbocycles. The molecule has 18 heavy (non-hydrogen) atoms. The van der Waals surface area contributed by atoms with Gasteiger partial charge in [0.25, 0.3) is 0 Å². The third-order valence-corrected chi connectivity index (χ3v) is 3.27. The predicted molar refractivity (Wildman–Crippen MR) is 74.3 cm³/mol. The van der Waals surface area contributed by atoms with Gasteiger partial charge in [-0.25, -0.2) is 4.39 Å². The molecule has 2 aromatic carbocycles. The lowest BCUT2D eigenvalue weighted by Gasteiger charge is -2.18. The molecule has 0 amide bonds. The molecule has 0 aromatic heterocycles. The van der Waals surface area contributed by atoms with Gasteiger partial charge in [-0.3, -0.25) is 0 Å². The van der Waals surface area contributed by atoms with Crippen LogP contribution in [-0.4, -0.2) is 0 Å². The standard InChI is InChI=1S/C17H19F/c1-3-6-17(14-8-4-7-13(2)11-14)15-9-5-10-16(18)12-15/h4-5,7-12,17H,3,6H2,1-2H3. The molecule has 94 valence electrons. The largest absolute Gasteiger partial charge is 0.207 e. The quantitative estimate of drug-likeness (QED) is 0.702. The van der Waals surface area contributed by atoms with E-state index in [0.29, 0.717) is 5.92 Å². The molecule has 2 rings (SSSR count). The first kappa shape index (κ1) is 12.8. The van der Waals surface area contributed by atoms with Crippen LogP contribution in [0.2, 0.25) is 0 Å². The van der Waals surface area contributed by atoms with Gasteiger partial charge >= 0.3 is 0 Å². The van der Waals surface area contributed by atoms with Crippen molar-refractivity contribution >= 4 is 0 Å². The van der Waals surface area contributed by atoms with Crippen molar-refractivity contribution in [2.75, 3.05) is 0 Å². The molecule has 1 unspecified atom stereocenters. The minimum Gasteiger partial charge on any atom is -0.207 e. The molecular weight excluding hydrogens is 223 g/mol. The molecule has 0 spiro atoms. The molecule has 0 bridgehead atoms. The van der Waals surface area contributed by atoms with E-state index < -0.39 is 0 Å². The highest BCUT2D eigenvalue weighted by molar-refractivity contribution is 5.34. The Morgan fingerprint density at radius 2 is 1.67 bits per heavy atom. The summed E-state index contributed by atoms with van der Waals surface area (Å²) in [6.45, 7) is 4.26. The zero-order valence-corrected chi connectivity index (χ0v) is 11.0. The Hall–Kier alpha value is -1.63. The van der Waals surface area contributed by atoms with Crippen LogP contribution < -0.4 is 0 Å². The number of halogens is 1. The van der Waals surface area contributed by atoms with Crippen LogP contribution in [-0.2, 0) is 0 Å². The predicted octanol–water partition coefficient (Wildman–Crippen LogP) is 5.07. The van der Waals surface area contributed by atoms with Gasteiger partial charge in [0.15, 0.2) is 0 Å². The fourth-order valence-electron chi connectivity index (χ4n) is 2.42. The van der Waals surface area contributed by atoms with E-state index in [1.807, 2.05) is 6.07 Å². The Bertz CT molecular complexity index is 471. The Labute approximate surface area is 108 Å². The van der Waals surface area contributed by atoms with E-state index in [0.717, 1.165) is 18.4 Å². The third-order valence-electron chi connectivity index (χ3n) is 3.27. The highest BCUT2D eigenvalue weighted by atomic mass is 19.1. The van der Waals surface area contributed by atoms with Crippen LogP contribution >= 0.6 is 0 Å². The van der Waals surface area contributed by atoms with Gasteiger partial charge in [-0.1, -0.05) is 55.3 Å². The molecule has 0 radical (unpaired) electrons.